The maximum Gasteiger partial charge on any atom is 0.215 e. The van der Waals surface area contributed by atoms with Crippen molar-refractivity contribution < 1.29 is 8.42 Å². The molecule has 1 fully saturated rings. The normalized spacial score (nSPS) is 16.3. The van der Waals surface area contributed by atoms with Crippen LogP contribution in [-0.4, -0.2) is 34.5 Å². The van der Waals surface area contributed by atoms with Gasteiger partial charge in [-0.2, -0.15) is 0 Å². The highest BCUT2D eigenvalue weighted by Gasteiger charge is 2.35. The highest BCUT2D eigenvalue weighted by Crippen LogP contribution is 2.40. The zero-order valence-corrected chi connectivity index (χ0v) is 19.3. The molecule has 0 atom stereocenters. The van der Waals surface area contributed by atoms with E-state index in [4.69, 9.17) is 4.99 Å². The lowest BCUT2D eigenvalue weighted by molar-refractivity contribution is 0.432. The molecule has 2 aromatic carbocycles. The van der Waals surface area contributed by atoms with E-state index in [9.17, 15) is 8.42 Å². The van der Waals surface area contributed by atoms with Crippen molar-refractivity contribution in [1.29, 1.82) is 0 Å². The zero-order chi connectivity index (χ0) is 22.2. The highest BCUT2D eigenvalue weighted by atomic mass is 32.2. The maximum absolute atomic E-state index is 11.8. The van der Waals surface area contributed by atoms with Crippen molar-refractivity contribution >= 4 is 16.0 Å². The second-order valence-electron chi connectivity index (χ2n) is 8.19. The maximum atomic E-state index is 11.8. The Morgan fingerprint density at radius 3 is 2.39 bits per heavy atom. The molecular weight excluding hydrogens is 408 g/mol. The van der Waals surface area contributed by atoms with Gasteiger partial charge >= 0.3 is 0 Å². The summed E-state index contributed by atoms with van der Waals surface area (Å²) in [7, 11) is -1.86. The molecule has 7 heteroatoms. The Balaban J connectivity index is 1.69. The minimum atomic E-state index is -3.29. The number of rotatable bonds is 9. The molecule has 168 valence electrons. The second kappa shape index (κ2) is 10.8. The van der Waals surface area contributed by atoms with E-state index in [2.05, 4.69) is 52.6 Å². The van der Waals surface area contributed by atoms with Crippen LogP contribution in [0.15, 0.2) is 59.6 Å². The van der Waals surface area contributed by atoms with Crippen LogP contribution in [0.25, 0.3) is 0 Å². The number of nitrogens with zero attached hydrogens (tertiary/aromatic N) is 1. The van der Waals surface area contributed by atoms with E-state index in [-0.39, 0.29) is 11.2 Å². The van der Waals surface area contributed by atoms with E-state index in [1.54, 1.807) is 0 Å². The third-order valence-electron chi connectivity index (χ3n) is 5.96. The van der Waals surface area contributed by atoms with Gasteiger partial charge in [-0.05, 0) is 43.5 Å². The monoisotopic (exact) mass is 442 g/mol. The molecule has 2 aromatic rings. The van der Waals surface area contributed by atoms with Crippen molar-refractivity contribution in [2.45, 2.75) is 50.3 Å². The van der Waals surface area contributed by atoms with Gasteiger partial charge in [0, 0.05) is 18.5 Å². The number of hydrogen-bond acceptors (Lipinski definition) is 3. The molecule has 0 aliphatic heterocycles. The minimum absolute atomic E-state index is 0.0288. The van der Waals surface area contributed by atoms with Crippen LogP contribution in [0, 0.1) is 0 Å². The average molecular weight is 443 g/mol. The highest BCUT2D eigenvalue weighted by molar-refractivity contribution is 7.88. The van der Waals surface area contributed by atoms with Crippen LogP contribution in [0.1, 0.15) is 49.3 Å². The quantitative estimate of drug-likeness (QED) is 0.411. The smallest absolute Gasteiger partial charge is 0.215 e. The third kappa shape index (κ3) is 6.55. The van der Waals surface area contributed by atoms with Crippen molar-refractivity contribution in [1.82, 2.24) is 15.4 Å². The largest absolute Gasteiger partial charge is 0.357 e. The second-order valence-corrected chi connectivity index (χ2v) is 10.1. The fourth-order valence-electron chi connectivity index (χ4n) is 4.29. The summed E-state index contributed by atoms with van der Waals surface area (Å²) in [6.45, 7) is 4.18. The van der Waals surface area contributed by atoms with E-state index in [0.717, 1.165) is 30.2 Å². The van der Waals surface area contributed by atoms with Gasteiger partial charge in [0.05, 0.1) is 12.3 Å². The number of guanidine groups is 1. The summed E-state index contributed by atoms with van der Waals surface area (Å²) >= 11 is 0. The molecule has 0 heterocycles. The molecule has 1 aliphatic rings. The van der Waals surface area contributed by atoms with E-state index in [0.29, 0.717) is 6.54 Å². The predicted octanol–water partition coefficient (Wildman–Crippen LogP) is 3.30. The van der Waals surface area contributed by atoms with Gasteiger partial charge in [0.2, 0.25) is 10.0 Å². The summed E-state index contributed by atoms with van der Waals surface area (Å²) < 4.78 is 26.0. The lowest BCUT2D eigenvalue weighted by Crippen LogP contribution is -2.44. The van der Waals surface area contributed by atoms with Gasteiger partial charge in [0.1, 0.15) is 0 Å². The first-order chi connectivity index (χ1) is 15.0. The lowest BCUT2D eigenvalue weighted by Gasteiger charge is -2.30. The van der Waals surface area contributed by atoms with Gasteiger partial charge in [0.15, 0.2) is 5.96 Å². The first-order valence-corrected chi connectivity index (χ1v) is 12.7. The van der Waals surface area contributed by atoms with Crippen molar-refractivity contribution in [3.63, 3.8) is 0 Å². The van der Waals surface area contributed by atoms with Crippen molar-refractivity contribution in [2.24, 2.45) is 4.99 Å². The van der Waals surface area contributed by atoms with Crippen LogP contribution in [0.4, 0.5) is 0 Å². The van der Waals surface area contributed by atoms with E-state index in [1.807, 2.05) is 24.3 Å². The molecule has 0 amide bonds. The standard InChI is InChI=1S/C24H34N4O2S/c1-3-26-23(27-17-20-10-9-11-21(16-20)18-31(29,30)25-2)28-19-24(14-7-8-15-24)22-12-5-4-6-13-22/h4-6,9-13,16,25H,3,7-8,14-15,17-19H2,1-2H3,(H2,26,27,28). The molecule has 0 aromatic heterocycles. The molecule has 0 bridgehead atoms. The average Bonchev–Trinajstić information content (AvgIpc) is 3.26. The Hall–Kier alpha value is -2.38. The molecule has 0 unspecified atom stereocenters. The van der Waals surface area contributed by atoms with Gasteiger partial charge in [-0.25, -0.2) is 18.1 Å². The Labute approximate surface area is 186 Å². The van der Waals surface area contributed by atoms with Crippen molar-refractivity contribution in [3.05, 3.63) is 71.3 Å². The number of aliphatic imine (C=N–C) groups is 1. The molecular formula is C24H34N4O2S. The summed E-state index contributed by atoms with van der Waals surface area (Å²) in [5.41, 5.74) is 3.29. The first-order valence-electron chi connectivity index (χ1n) is 11.0. The van der Waals surface area contributed by atoms with Crippen LogP contribution >= 0.6 is 0 Å². The van der Waals surface area contributed by atoms with Crippen molar-refractivity contribution in [2.75, 3.05) is 20.1 Å². The molecule has 6 nitrogen and oxygen atoms in total. The minimum Gasteiger partial charge on any atom is -0.357 e. The molecule has 0 radical (unpaired) electrons. The van der Waals surface area contributed by atoms with E-state index >= 15 is 0 Å². The fraction of sp³-hybridized carbons (Fsp3) is 0.458. The molecule has 1 saturated carbocycles. The molecule has 1 aliphatic carbocycles. The van der Waals surface area contributed by atoms with Crippen molar-refractivity contribution in [3.8, 4) is 0 Å². The van der Waals surface area contributed by atoms with Gasteiger partial charge in [0.25, 0.3) is 0 Å². The van der Waals surface area contributed by atoms with Crippen LogP contribution < -0.4 is 15.4 Å². The molecule has 31 heavy (non-hydrogen) atoms. The molecule has 3 rings (SSSR count). The SMILES string of the molecule is CCNC(=NCc1cccc(CS(=O)(=O)NC)c1)NCC1(c2ccccc2)CCCC1. The van der Waals surface area contributed by atoms with Crippen LogP contribution in [-0.2, 0) is 27.7 Å². The summed E-state index contributed by atoms with van der Waals surface area (Å²) in [5, 5.41) is 6.91. The Bertz CT molecular complexity index is 968. The van der Waals surface area contributed by atoms with Gasteiger partial charge in [-0.3, -0.25) is 0 Å². The zero-order valence-electron chi connectivity index (χ0n) is 18.5. The third-order valence-corrected chi connectivity index (χ3v) is 7.30. The number of hydrogen-bond donors (Lipinski definition) is 3. The number of nitrogens with one attached hydrogen (secondary N) is 3. The Morgan fingerprint density at radius 2 is 1.71 bits per heavy atom. The summed E-state index contributed by atoms with van der Waals surface area (Å²) in [5.74, 6) is 0.761. The summed E-state index contributed by atoms with van der Waals surface area (Å²) in [6, 6.07) is 18.4. The molecule has 0 spiro atoms. The van der Waals surface area contributed by atoms with E-state index in [1.165, 1.54) is 38.3 Å². The molecule has 0 saturated heterocycles. The van der Waals surface area contributed by atoms with Crippen LogP contribution in [0.5, 0.6) is 0 Å². The Kier molecular flexibility index (Phi) is 8.09. The lowest BCUT2D eigenvalue weighted by atomic mass is 9.79. The van der Waals surface area contributed by atoms with Gasteiger partial charge < -0.3 is 10.6 Å². The first kappa shape index (κ1) is 23.3. The summed E-state index contributed by atoms with van der Waals surface area (Å²) in [6.07, 6.45) is 4.88. The summed E-state index contributed by atoms with van der Waals surface area (Å²) in [4.78, 5) is 4.76. The van der Waals surface area contributed by atoms with Crippen LogP contribution in [0.3, 0.4) is 0 Å². The van der Waals surface area contributed by atoms with Gasteiger partial charge in [-0.1, -0.05) is 67.4 Å². The van der Waals surface area contributed by atoms with E-state index < -0.39 is 10.0 Å². The van der Waals surface area contributed by atoms with Crippen LogP contribution in [0.2, 0.25) is 0 Å². The van der Waals surface area contributed by atoms with Gasteiger partial charge in [-0.15, -0.1) is 0 Å². The predicted molar refractivity (Wildman–Crippen MR) is 128 cm³/mol. The molecule has 3 N–H and O–H groups in total. The topological polar surface area (TPSA) is 82.6 Å². The fourth-order valence-corrected chi connectivity index (χ4v) is 5.05. The number of benzene rings is 2. The Morgan fingerprint density at radius 1 is 1.00 bits per heavy atom. The number of sulfonamides is 1.